The first-order valence-corrected chi connectivity index (χ1v) is 5.17. The zero-order valence-electron chi connectivity index (χ0n) is 8.66. The molecule has 2 atom stereocenters. The lowest BCUT2D eigenvalue weighted by Gasteiger charge is -2.27. The fourth-order valence-electron chi connectivity index (χ4n) is 1.44. The maximum Gasteiger partial charge on any atom is 0.157 e. The quantitative estimate of drug-likeness (QED) is 0.723. The summed E-state index contributed by atoms with van der Waals surface area (Å²) in [4.78, 5) is 0. The van der Waals surface area contributed by atoms with Crippen molar-refractivity contribution >= 4 is 0 Å². The molecule has 1 heterocycles. The van der Waals surface area contributed by atoms with E-state index in [2.05, 4.69) is 13.8 Å². The van der Waals surface area contributed by atoms with Gasteiger partial charge in [-0.15, -0.1) is 0 Å². The van der Waals surface area contributed by atoms with Crippen molar-refractivity contribution in [2.75, 3.05) is 19.8 Å². The summed E-state index contributed by atoms with van der Waals surface area (Å²) >= 11 is 0. The topological polar surface area (TPSA) is 44.5 Å². The summed E-state index contributed by atoms with van der Waals surface area (Å²) in [6.45, 7) is 6.81. The lowest BCUT2D eigenvalue weighted by molar-refractivity contribution is -0.187. The number of ether oxygens (including phenoxy) is 2. The van der Waals surface area contributed by atoms with Crippen molar-refractivity contribution in [2.24, 2.45) is 17.6 Å². The van der Waals surface area contributed by atoms with Gasteiger partial charge in [-0.2, -0.15) is 0 Å². The molecule has 0 aromatic carbocycles. The fourth-order valence-corrected chi connectivity index (χ4v) is 1.44. The predicted octanol–water partition coefficient (Wildman–Crippen LogP) is 1.37. The minimum Gasteiger partial charge on any atom is -0.353 e. The Hall–Kier alpha value is -0.120. The van der Waals surface area contributed by atoms with Gasteiger partial charge in [0.05, 0.1) is 13.2 Å². The van der Waals surface area contributed by atoms with E-state index in [0.29, 0.717) is 11.8 Å². The Balaban J connectivity index is 2.21. The van der Waals surface area contributed by atoms with Gasteiger partial charge in [-0.25, -0.2) is 0 Å². The Morgan fingerprint density at radius 2 is 1.85 bits per heavy atom. The molecule has 0 aromatic rings. The Morgan fingerprint density at radius 1 is 1.23 bits per heavy atom. The zero-order chi connectivity index (χ0) is 9.68. The van der Waals surface area contributed by atoms with E-state index in [9.17, 15) is 0 Å². The second-order valence-corrected chi connectivity index (χ2v) is 3.95. The van der Waals surface area contributed by atoms with Crippen molar-refractivity contribution in [1.29, 1.82) is 0 Å². The second-order valence-electron chi connectivity index (χ2n) is 3.95. The fraction of sp³-hybridized carbons (Fsp3) is 1.00. The first-order valence-electron chi connectivity index (χ1n) is 5.17. The third-order valence-corrected chi connectivity index (χ3v) is 2.80. The van der Waals surface area contributed by atoms with Crippen LogP contribution in [0, 0.1) is 11.8 Å². The molecule has 0 saturated carbocycles. The van der Waals surface area contributed by atoms with Crippen LogP contribution in [-0.4, -0.2) is 26.0 Å². The lowest BCUT2D eigenvalue weighted by atomic mass is 9.93. The molecule has 1 fully saturated rings. The van der Waals surface area contributed by atoms with E-state index < -0.39 is 0 Å². The molecule has 78 valence electrons. The standard InChI is InChI=1S/C10H21NO2/c1-8(9(2)7-11)6-10-12-4-3-5-13-10/h8-10H,3-7,11H2,1-2H3. The Morgan fingerprint density at radius 3 is 2.38 bits per heavy atom. The molecule has 1 saturated heterocycles. The number of rotatable bonds is 4. The summed E-state index contributed by atoms with van der Waals surface area (Å²) in [7, 11) is 0. The molecular weight excluding hydrogens is 166 g/mol. The molecule has 0 aliphatic carbocycles. The van der Waals surface area contributed by atoms with Crippen LogP contribution in [0.15, 0.2) is 0 Å². The van der Waals surface area contributed by atoms with E-state index in [0.717, 1.165) is 32.6 Å². The molecule has 0 amide bonds. The smallest absolute Gasteiger partial charge is 0.157 e. The Labute approximate surface area is 80.6 Å². The minimum absolute atomic E-state index is 0.0118. The van der Waals surface area contributed by atoms with Gasteiger partial charge in [0.25, 0.3) is 0 Å². The molecule has 13 heavy (non-hydrogen) atoms. The zero-order valence-corrected chi connectivity index (χ0v) is 8.66. The van der Waals surface area contributed by atoms with Gasteiger partial charge in [0.1, 0.15) is 0 Å². The van der Waals surface area contributed by atoms with E-state index in [1.807, 2.05) is 0 Å². The highest BCUT2D eigenvalue weighted by Crippen LogP contribution is 2.20. The Bertz CT molecular complexity index is 135. The van der Waals surface area contributed by atoms with Gasteiger partial charge in [0, 0.05) is 6.42 Å². The summed E-state index contributed by atoms with van der Waals surface area (Å²) in [6, 6.07) is 0. The molecule has 0 spiro atoms. The van der Waals surface area contributed by atoms with Crippen molar-refractivity contribution in [1.82, 2.24) is 0 Å². The van der Waals surface area contributed by atoms with Crippen LogP contribution in [0.5, 0.6) is 0 Å². The van der Waals surface area contributed by atoms with Crippen LogP contribution in [0.1, 0.15) is 26.7 Å². The van der Waals surface area contributed by atoms with Crippen LogP contribution < -0.4 is 5.73 Å². The van der Waals surface area contributed by atoms with Crippen molar-refractivity contribution < 1.29 is 9.47 Å². The van der Waals surface area contributed by atoms with E-state index in [1.165, 1.54) is 0 Å². The highest BCUT2D eigenvalue weighted by atomic mass is 16.7. The maximum absolute atomic E-state index is 5.60. The van der Waals surface area contributed by atoms with Crippen LogP contribution >= 0.6 is 0 Å². The van der Waals surface area contributed by atoms with Gasteiger partial charge < -0.3 is 15.2 Å². The van der Waals surface area contributed by atoms with Crippen LogP contribution in [0.25, 0.3) is 0 Å². The van der Waals surface area contributed by atoms with Crippen LogP contribution in [0.4, 0.5) is 0 Å². The molecule has 3 nitrogen and oxygen atoms in total. The minimum atomic E-state index is 0.0118. The monoisotopic (exact) mass is 187 g/mol. The molecule has 1 aliphatic heterocycles. The average Bonchev–Trinajstić information content (AvgIpc) is 2.18. The molecule has 1 rings (SSSR count). The summed E-state index contributed by atoms with van der Waals surface area (Å²) in [5.41, 5.74) is 5.60. The summed E-state index contributed by atoms with van der Waals surface area (Å²) in [5, 5.41) is 0. The van der Waals surface area contributed by atoms with Gasteiger partial charge in [0.15, 0.2) is 6.29 Å². The molecule has 2 unspecified atom stereocenters. The normalized spacial score (nSPS) is 24.2. The highest BCUT2D eigenvalue weighted by molar-refractivity contribution is 4.65. The highest BCUT2D eigenvalue weighted by Gasteiger charge is 2.20. The maximum atomic E-state index is 5.60. The van der Waals surface area contributed by atoms with Gasteiger partial charge in [-0.3, -0.25) is 0 Å². The van der Waals surface area contributed by atoms with Crippen LogP contribution in [-0.2, 0) is 9.47 Å². The van der Waals surface area contributed by atoms with Crippen LogP contribution in [0.3, 0.4) is 0 Å². The molecular formula is C10H21NO2. The van der Waals surface area contributed by atoms with Crippen molar-refractivity contribution in [3.8, 4) is 0 Å². The largest absolute Gasteiger partial charge is 0.353 e. The van der Waals surface area contributed by atoms with Crippen molar-refractivity contribution in [3.63, 3.8) is 0 Å². The molecule has 1 aliphatic rings. The van der Waals surface area contributed by atoms with E-state index in [4.69, 9.17) is 15.2 Å². The Kier molecular flexibility index (Phi) is 4.70. The molecule has 0 radical (unpaired) electrons. The molecule has 0 bridgehead atoms. The van der Waals surface area contributed by atoms with E-state index in [-0.39, 0.29) is 6.29 Å². The first kappa shape index (κ1) is 11.0. The predicted molar refractivity (Wildman–Crippen MR) is 52.3 cm³/mol. The van der Waals surface area contributed by atoms with E-state index in [1.54, 1.807) is 0 Å². The third kappa shape index (κ3) is 3.63. The molecule has 2 N–H and O–H groups in total. The summed E-state index contributed by atoms with van der Waals surface area (Å²) in [6.07, 6.45) is 2.01. The summed E-state index contributed by atoms with van der Waals surface area (Å²) in [5.74, 6) is 1.13. The van der Waals surface area contributed by atoms with Gasteiger partial charge in [-0.1, -0.05) is 13.8 Å². The van der Waals surface area contributed by atoms with Gasteiger partial charge in [-0.05, 0) is 24.8 Å². The molecule has 3 heteroatoms. The number of hydrogen-bond donors (Lipinski definition) is 1. The third-order valence-electron chi connectivity index (χ3n) is 2.80. The average molecular weight is 187 g/mol. The van der Waals surface area contributed by atoms with Crippen molar-refractivity contribution in [3.05, 3.63) is 0 Å². The van der Waals surface area contributed by atoms with E-state index >= 15 is 0 Å². The number of nitrogens with two attached hydrogens (primary N) is 1. The summed E-state index contributed by atoms with van der Waals surface area (Å²) < 4.78 is 11.0. The SMILES string of the molecule is CC(CN)C(C)CC1OCCCO1. The first-order chi connectivity index (χ1) is 6.24. The second kappa shape index (κ2) is 5.58. The van der Waals surface area contributed by atoms with Crippen molar-refractivity contribution in [2.45, 2.75) is 33.0 Å². The lowest BCUT2D eigenvalue weighted by Crippen LogP contribution is -2.29. The number of hydrogen-bond acceptors (Lipinski definition) is 3. The molecule has 0 aromatic heterocycles. The van der Waals surface area contributed by atoms with Gasteiger partial charge in [0.2, 0.25) is 0 Å². The van der Waals surface area contributed by atoms with Crippen LogP contribution in [0.2, 0.25) is 0 Å². The van der Waals surface area contributed by atoms with Gasteiger partial charge >= 0.3 is 0 Å².